The smallest absolute Gasteiger partial charge is 0.253 e. The lowest BCUT2D eigenvalue weighted by Crippen LogP contribution is -2.40. The molecule has 126 valence electrons. The van der Waals surface area contributed by atoms with Crippen molar-refractivity contribution in [1.29, 1.82) is 0 Å². The zero-order valence-electron chi connectivity index (χ0n) is 14.3. The van der Waals surface area contributed by atoms with Crippen molar-refractivity contribution in [3.05, 3.63) is 59.2 Å². The van der Waals surface area contributed by atoms with E-state index in [1.165, 1.54) is 11.1 Å². The van der Waals surface area contributed by atoms with Gasteiger partial charge in [-0.05, 0) is 56.0 Å². The Morgan fingerprint density at radius 2 is 1.88 bits per heavy atom. The lowest BCUT2D eigenvalue weighted by atomic mass is 10.1. The zero-order chi connectivity index (χ0) is 16.9. The van der Waals surface area contributed by atoms with Crippen LogP contribution in [0.5, 0.6) is 0 Å². The van der Waals surface area contributed by atoms with Gasteiger partial charge in [0, 0.05) is 12.3 Å². The van der Waals surface area contributed by atoms with Crippen molar-refractivity contribution in [3.8, 4) is 0 Å². The lowest BCUT2D eigenvalue weighted by molar-refractivity contribution is 0.0624. The van der Waals surface area contributed by atoms with Gasteiger partial charge in [-0.1, -0.05) is 24.3 Å². The fourth-order valence-corrected chi connectivity index (χ4v) is 2.94. The molecule has 1 atom stereocenters. The monoisotopic (exact) mass is 324 g/mol. The van der Waals surface area contributed by atoms with Crippen LogP contribution in [0.4, 0.5) is 11.4 Å². The molecule has 0 saturated carbocycles. The Kier molecular flexibility index (Phi) is 5.16. The molecule has 2 aromatic carbocycles. The molecule has 24 heavy (non-hydrogen) atoms. The number of hydrogen-bond donors (Lipinski definition) is 2. The van der Waals surface area contributed by atoms with Crippen molar-refractivity contribution in [2.24, 2.45) is 0 Å². The number of carbonyl (C=O) groups excluding carboxylic acids is 1. The highest BCUT2D eigenvalue weighted by Gasteiger charge is 2.19. The maximum atomic E-state index is 12.7. The number of anilines is 2. The Hall–Kier alpha value is -2.33. The van der Waals surface area contributed by atoms with E-state index in [0.717, 1.165) is 30.8 Å². The minimum absolute atomic E-state index is 0.0566. The summed E-state index contributed by atoms with van der Waals surface area (Å²) in [7, 11) is 0. The lowest BCUT2D eigenvalue weighted by Gasteiger charge is -2.23. The predicted molar refractivity (Wildman–Crippen MR) is 96.9 cm³/mol. The molecule has 0 aliphatic carbocycles. The molecule has 0 spiro atoms. The van der Waals surface area contributed by atoms with Gasteiger partial charge in [-0.2, -0.15) is 0 Å². The van der Waals surface area contributed by atoms with Crippen LogP contribution in [-0.4, -0.2) is 25.2 Å². The average molecular weight is 324 g/mol. The third kappa shape index (κ3) is 3.77. The van der Waals surface area contributed by atoms with E-state index in [-0.39, 0.29) is 11.9 Å². The molecule has 0 bridgehead atoms. The average Bonchev–Trinajstić information content (AvgIpc) is 2.60. The van der Waals surface area contributed by atoms with Crippen molar-refractivity contribution < 1.29 is 9.53 Å². The number of amides is 1. The predicted octanol–water partition coefficient (Wildman–Crippen LogP) is 3.96. The highest BCUT2D eigenvalue weighted by Crippen LogP contribution is 2.25. The fraction of sp³-hybridized carbons (Fsp3) is 0.350. The Labute approximate surface area is 143 Å². The largest absolute Gasteiger partial charge is 0.379 e. The van der Waals surface area contributed by atoms with Gasteiger partial charge in [0.25, 0.3) is 5.91 Å². The van der Waals surface area contributed by atoms with Crippen LogP contribution in [0.3, 0.4) is 0 Å². The van der Waals surface area contributed by atoms with Crippen molar-refractivity contribution in [1.82, 2.24) is 5.32 Å². The third-order valence-corrected chi connectivity index (χ3v) is 4.54. The van der Waals surface area contributed by atoms with Crippen LogP contribution < -0.4 is 10.6 Å². The highest BCUT2D eigenvalue weighted by molar-refractivity contribution is 6.00. The minimum Gasteiger partial charge on any atom is -0.379 e. The second-order valence-electron chi connectivity index (χ2n) is 6.31. The van der Waals surface area contributed by atoms with E-state index >= 15 is 0 Å². The molecule has 1 saturated heterocycles. The second kappa shape index (κ2) is 7.49. The normalized spacial score (nSPS) is 17.3. The van der Waals surface area contributed by atoms with Gasteiger partial charge in [0.1, 0.15) is 0 Å². The van der Waals surface area contributed by atoms with E-state index in [1.54, 1.807) is 0 Å². The highest BCUT2D eigenvalue weighted by atomic mass is 16.5. The molecule has 0 aromatic heterocycles. The van der Waals surface area contributed by atoms with E-state index in [0.29, 0.717) is 12.2 Å². The molecule has 2 aromatic rings. The van der Waals surface area contributed by atoms with Crippen LogP contribution in [0.1, 0.15) is 34.3 Å². The number of hydrogen-bond acceptors (Lipinski definition) is 3. The number of benzene rings is 2. The molecule has 3 rings (SSSR count). The Bertz CT molecular complexity index is 721. The van der Waals surface area contributed by atoms with Crippen molar-refractivity contribution in [2.75, 3.05) is 18.5 Å². The van der Waals surface area contributed by atoms with Gasteiger partial charge in [-0.15, -0.1) is 0 Å². The molecule has 1 amide bonds. The molecule has 1 heterocycles. The maximum Gasteiger partial charge on any atom is 0.253 e. The molecule has 1 aliphatic heterocycles. The Morgan fingerprint density at radius 1 is 1.08 bits per heavy atom. The molecule has 4 heteroatoms. The minimum atomic E-state index is -0.0566. The third-order valence-electron chi connectivity index (χ3n) is 4.54. The van der Waals surface area contributed by atoms with Crippen molar-refractivity contribution in [2.45, 2.75) is 32.7 Å². The van der Waals surface area contributed by atoms with E-state index in [9.17, 15) is 4.79 Å². The van der Waals surface area contributed by atoms with Gasteiger partial charge < -0.3 is 15.4 Å². The molecule has 4 nitrogen and oxygen atoms in total. The van der Waals surface area contributed by atoms with E-state index < -0.39 is 0 Å². The molecule has 2 N–H and O–H groups in total. The zero-order valence-corrected chi connectivity index (χ0v) is 14.3. The van der Waals surface area contributed by atoms with Crippen LogP contribution in [-0.2, 0) is 4.74 Å². The topological polar surface area (TPSA) is 50.4 Å². The fourth-order valence-electron chi connectivity index (χ4n) is 2.94. The summed E-state index contributed by atoms with van der Waals surface area (Å²) in [5.41, 5.74) is 4.91. The summed E-state index contributed by atoms with van der Waals surface area (Å²) < 4.78 is 5.44. The molecule has 0 radical (unpaired) electrons. The first-order chi connectivity index (χ1) is 11.6. The van der Waals surface area contributed by atoms with Crippen LogP contribution in [0.2, 0.25) is 0 Å². The number of carbonyl (C=O) groups is 1. The van der Waals surface area contributed by atoms with Crippen LogP contribution >= 0.6 is 0 Å². The molecular formula is C20H24N2O2. The molecular weight excluding hydrogens is 300 g/mol. The first-order valence-electron chi connectivity index (χ1n) is 8.46. The van der Waals surface area contributed by atoms with E-state index in [4.69, 9.17) is 4.74 Å². The number of para-hydroxylation sites is 1. The van der Waals surface area contributed by atoms with Gasteiger partial charge in [-0.25, -0.2) is 0 Å². The summed E-state index contributed by atoms with van der Waals surface area (Å²) in [5.74, 6) is -0.0566. The Morgan fingerprint density at radius 3 is 2.67 bits per heavy atom. The molecule has 1 aliphatic rings. The summed E-state index contributed by atoms with van der Waals surface area (Å²) in [6.07, 6.45) is 1.96. The summed E-state index contributed by atoms with van der Waals surface area (Å²) in [4.78, 5) is 12.7. The standard InChI is InChI=1S/C20H24N2O2/c1-14-7-5-11-18(15(14)2)22-19-10-4-3-9-17(19)20(23)21-16-8-6-12-24-13-16/h3-5,7,9-11,16,22H,6,8,12-13H2,1-2H3,(H,21,23). The number of aryl methyl sites for hydroxylation is 1. The van der Waals surface area contributed by atoms with Crippen molar-refractivity contribution in [3.63, 3.8) is 0 Å². The Balaban J connectivity index is 1.79. The van der Waals surface area contributed by atoms with Crippen LogP contribution in [0.25, 0.3) is 0 Å². The number of nitrogens with one attached hydrogen (secondary N) is 2. The van der Waals surface area contributed by atoms with Crippen molar-refractivity contribution >= 4 is 17.3 Å². The molecule has 1 unspecified atom stereocenters. The van der Waals surface area contributed by atoms with Crippen LogP contribution in [0, 0.1) is 13.8 Å². The molecule has 1 fully saturated rings. The van der Waals surface area contributed by atoms with Gasteiger partial charge in [0.15, 0.2) is 0 Å². The first-order valence-corrected chi connectivity index (χ1v) is 8.46. The SMILES string of the molecule is Cc1cccc(Nc2ccccc2C(=O)NC2CCCOC2)c1C. The quantitative estimate of drug-likeness (QED) is 0.895. The van der Waals surface area contributed by atoms with Gasteiger partial charge in [0.2, 0.25) is 0 Å². The first kappa shape index (κ1) is 16.5. The van der Waals surface area contributed by atoms with Gasteiger partial charge >= 0.3 is 0 Å². The summed E-state index contributed by atoms with van der Waals surface area (Å²) in [6, 6.07) is 13.9. The summed E-state index contributed by atoms with van der Waals surface area (Å²) >= 11 is 0. The summed E-state index contributed by atoms with van der Waals surface area (Å²) in [5, 5.41) is 6.49. The summed E-state index contributed by atoms with van der Waals surface area (Å²) in [6.45, 7) is 5.55. The number of ether oxygens (including phenoxy) is 1. The second-order valence-corrected chi connectivity index (χ2v) is 6.31. The van der Waals surface area contributed by atoms with E-state index in [1.807, 2.05) is 36.4 Å². The van der Waals surface area contributed by atoms with Gasteiger partial charge in [0.05, 0.1) is 23.9 Å². The number of rotatable bonds is 4. The van der Waals surface area contributed by atoms with Crippen LogP contribution in [0.15, 0.2) is 42.5 Å². The van der Waals surface area contributed by atoms with Gasteiger partial charge in [-0.3, -0.25) is 4.79 Å². The maximum absolute atomic E-state index is 12.7. The van der Waals surface area contributed by atoms with E-state index in [2.05, 4.69) is 30.5 Å².